The van der Waals surface area contributed by atoms with Crippen molar-refractivity contribution in [3.05, 3.63) is 18.2 Å². The lowest BCUT2D eigenvalue weighted by molar-refractivity contribution is -0.678. The van der Waals surface area contributed by atoms with Crippen molar-refractivity contribution < 1.29 is 9.27 Å². The van der Waals surface area contributed by atoms with Gasteiger partial charge in [-0.15, -0.1) is 0 Å². The molecule has 0 saturated carbocycles. The van der Waals surface area contributed by atoms with Crippen LogP contribution in [0, 0.1) is 0 Å². The largest absolute Gasteiger partial charge is 1.00 e. The minimum atomic E-state index is 0. The summed E-state index contributed by atoms with van der Waals surface area (Å²) in [6.45, 7) is 2.23. The van der Waals surface area contributed by atoms with Crippen LogP contribution < -0.4 is 9.27 Å². The molecule has 0 aliphatic carbocycles. The predicted molar refractivity (Wildman–Crippen MR) is 45.2 cm³/mol. The molecule has 1 aromatic rings. The van der Waals surface area contributed by atoms with Crippen molar-refractivity contribution in [3.8, 4) is 0 Å². The maximum absolute atomic E-state index is 2.23. The topological polar surface area (TPSA) is 8.81 Å². The summed E-state index contributed by atoms with van der Waals surface area (Å²) in [6.07, 6.45) is 7.95. The first-order chi connectivity index (χ1) is 5.25. The summed E-state index contributed by atoms with van der Waals surface area (Å²) in [6, 6.07) is 0. The van der Waals surface area contributed by atoms with Crippen molar-refractivity contribution in [1.29, 1.82) is 0 Å². The van der Waals surface area contributed by atoms with Gasteiger partial charge in [-0.3, -0.25) is 0 Å². The van der Waals surface area contributed by atoms with Gasteiger partial charge in [0.05, 0.1) is 14.1 Å². The van der Waals surface area contributed by atoms with Gasteiger partial charge in [0.25, 0.3) is 5.82 Å². The highest BCUT2D eigenvalue weighted by Gasteiger charge is 2.08. The van der Waals surface area contributed by atoms with Gasteiger partial charge in [0.15, 0.2) is 0 Å². The van der Waals surface area contributed by atoms with Crippen LogP contribution in [0.1, 0.15) is 25.6 Å². The van der Waals surface area contributed by atoms with Gasteiger partial charge in [0, 0.05) is 6.42 Å². The van der Waals surface area contributed by atoms with Crippen LogP contribution >= 0.6 is 0 Å². The van der Waals surface area contributed by atoms with Gasteiger partial charge in [0.2, 0.25) is 0 Å². The second kappa shape index (κ2) is 4.91. The van der Waals surface area contributed by atoms with Crippen molar-refractivity contribution in [2.75, 3.05) is 0 Å². The van der Waals surface area contributed by atoms with Crippen molar-refractivity contribution in [2.45, 2.75) is 26.2 Å². The van der Waals surface area contributed by atoms with Gasteiger partial charge in [-0.2, -0.15) is 0 Å². The third kappa shape index (κ3) is 2.32. The Labute approximate surface area is 73.2 Å². The first-order valence-corrected chi connectivity index (χ1v) is 4.25. The number of hydrogen-bond acceptors (Lipinski definition) is 0. The minimum Gasteiger partial charge on any atom is -1.00 e. The summed E-state index contributed by atoms with van der Waals surface area (Å²) in [5.41, 5.74) is 0. The monoisotopic (exact) mass is 172 g/mol. The van der Waals surface area contributed by atoms with E-state index in [1.807, 2.05) is 0 Å². The quantitative estimate of drug-likeness (QED) is 0.476. The number of hydrogen-bond donors (Lipinski definition) is 0. The summed E-state index contributed by atoms with van der Waals surface area (Å²) < 4.78 is 4.38. The molecule has 1 rings (SSSR count). The molecule has 2 nitrogen and oxygen atoms in total. The van der Waals surface area contributed by atoms with Crippen LogP contribution in [0.2, 0.25) is 0 Å². The van der Waals surface area contributed by atoms with Crippen LogP contribution in [0.5, 0.6) is 0 Å². The number of rotatable bonds is 3. The second-order valence-corrected chi connectivity index (χ2v) is 3.04. The van der Waals surface area contributed by atoms with Crippen LogP contribution in [0.15, 0.2) is 12.4 Å². The van der Waals surface area contributed by atoms with E-state index >= 15 is 0 Å². The smallest absolute Gasteiger partial charge is 0.255 e. The molecule has 0 bridgehead atoms. The number of halogens is 1. The van der Waals surface area contributed by atoms with Gasteiger partial charge >= 0.3 is 0 Å². The van der Waals surface area contributed by atoms with E-state index in [9.17, 15) is 0 Å². The highest BCUT2D eigenvalue weighted by atomic mass is 19.0. The normalized spacial score (nSPS) is 9.58. The molecule has 0 atom stereocenters. The van der Waals surface area contributed by atoms with Crippen LogP contribution in [0.25, 0.3) is 0 Å². The van der Waals surface area contributed by atoms with E-state index in [0.717, 1.165) is 0 Å². The molecule has 0 radical (unpaired) electrons. The fourth-order valence-electron chi connectivity index (χ4n) is 1.31. The molecule has 0 aliphatic rings. The number of nitrogens with zero attached hydrogens (tertiary/aromatic N) is 2. The Bertz CT molecular complexity index is 211. The van der Waals surface area contributed by atoms with E-state index in [1.165, 1.54) is 25.1 Å². The van der Waals surface area contributed by atoms with Crippen molar-refractivity contribution in [2.24, 2.45) is 14.1 Å². The summed E-state index contributed by atoms with van der Waals surface area (Å²) in [4.78, 5) is 0. The first-order valence-electron chi connectivity index (χ1n) is 4.25. The van der Waals surface area contributed by atoms with Gasteiger partial charge in [-0.25, -0.2) is 9.13 Å². The molecule has 0 aliphatic heterocycles. The number of aromatic nitrogens is 2. The van der Waals surface area contributed by atoms with E-state index < -0.39 is 0 Å². The third-order valence-electron chi connectivity index (χ3n) is 2.08. The van der Waals surface area contributed by atoms with Gasteiger partial charge in [-0.1, -0.05) is 13.3 Å². The standard InChI is InChI=1S/C9H17N2.FH/c1-4-5-6-9-10(2)7-8-11(9)3;/h7-8H,4-6H2,1-3H3;1H/q+1;/p-1. The van der Waals surface area contributed by atoms with E-state index in [1.54, 1.807) is 0 Å². The highest BCUT2D eigenvalue weighted by Crippen LogP contribution is 1.98. The fraction of sp³-hybridized carbons (Fsp3) is 0.667. The molecule has 0 spiro atoms. The summed E-state index contributed by atoms with van der Waals surface area (Å²) in [7, 11) is 4.20. The zero-order valence-corrected chi connectivity index (χ0v) is 8.05. The lowest BCUT2D eigenvalue weighted by Gasteiger charge is -1.95. The number of imidazole rings is 1. The maximum Gasteiger partial charge on any atom is 0.255 e. The third-order valence-corrected chi connectivity index (χ3v) is 2.08. The van der Waals surface area contributed by atoms with Crippen molar-refractivity contribution in [1.82, 2.24) is 4.57 Å². The molecule has 0 aromatic carbocycles. The summed E-state index contributed by atoms with van der Waals surface area (Å²) >= 11 is 0. The van der Waals surface area contributed by atoms with Crippen LogP contribution in [0.3, 0.4) is 0 Å². The molecule has 0 saturated heterocycles. The highest BCUT2D eigenvalue weighted by molar-refractivity contribution is 4.81. The summed E-state index contributed by atoms with van der Waals surface area (Å²) in [5, 5.41) is 0. The molecular formula is C9H17FN2. The zero-order chi connectivity index (χ0) is 8.27. The Hall–Kier alpha value is -0.860. The molecule has 1 aromatic heterocycles. The van der Waals surface area contributed by atoms with Crippen LogP contribution in [-0.2, 0) is 20.5 Å². The SMILES string of the molecule is CCCCc1n(C)cc[n+]1C.[F-]. The lowest BCUT2D eigenvalue weighted by atomic mass is 10.2. The zero-order valence-electron chi connectivity index (χ0n) is 8.05. The average molecular weight is 172 g/mol. The summed E-state index contributed by atoms with van der Waals surface area (Å²) in [5.74, 6) is 1.41. The Kier molecular flexibility index (Phi) is 4.55. The minimum absolute atomic E-state index is 0. The molecule has 0 amide bonds. The van der Waals surface area contributed by atoms with Gasteiger partial charge in [-0.05, 0) is 6.42 Å². The molecule has 3 heteroatoms. The molecule has 12 heavy (non-hydrogen) atoms. The second-order valence-electron chi connectivity index (χ2n) is 3.04. The Morgan fingerprint density at radius 1 is 1.50 bits per heavy atom. The number of unbranched alkanes of at least 4 members (excludes halogenated alkanes) is 1. The molecule has 1 heterocycles. The van der Waals surface area contributed by atoms with Gasteiger partial charge < -0.3 is 4.70 Å². The van der Waals surface area contributed by atoms with E-state index in [4.69, 9.17) is 0 Å². The van der Waals surface area contributed by atoms with E-state index in [0.29, 0.717) is 0 Å². The van der Waals surface area contributed by atoms with Crippen LogP contribution in [0.4, 0.5) is 0 Å². The average Bonchev–Trinajstić information content (AvgIpc) is 2.29. The van der Waals surface area contributed by atoms with Crippen LogP contribution in [-0.4, -0.2) is 4.57 Å². The molecule has 70 valence electrons. The van der Waals surface area contributed by atoms with E-state index in [2.05, 4.69) is 42.5 Å². The van der Waals surface area contributed by atoms with Crippen molar-refractivity contribution >= 4 is 0 Å². The molecular weight excluding hydrogens is 155 g/mol. The molecule has 0 N–H and O–H groups in total. The Morgan fingerprint density at radius 2 is 2.17 bits per heavy atom. The predicted octanol–water partition coefficient (Wildman–Crippen LogP) is -1.80. The fourth-order valence-corrected chi connectivity index (χ4v) is 1.31. The van der Waals surface area contributed by atoms with Gasteiger partial charge in [0.1, 0.15) is 12.4 Å². The van der Waals surface area contributed by atoms with E-state index in [-0.39, 0.29) is 4.70 Å². The lowest BCUT2D eigenvalue weighted by Crippen LogP contribution is -3.00. The Balaban J connectivity index is 0.00000121. The Morgan fingerprint density at radius 3 is 2.58 bits per heavy atom. The first kappa shape index (κ1) is 11.1. The van der Waals surface area contributed by atoms with Crippen molar-refractivity contribution in [3.63, 3.8) is 0 Å². The molecule has 0 unspecified atom stereocenters. The molecule has 0 fully saturated rings. The maximum atomic E-state index is 2.23. The number of aryl methyl sites for hydroxylation is 2.